The van der Waals surface area contributed by atoms with Crippen molar-refractivity contribution in [2.45, 2.75) is 54.6 Å². The van der Waals surface area contributed by atoms with Crippen molar-refractivity contribution in [1.29, 1.82) is 0 Å². The molecule has 0 aliphatic rings. The Morgan fingerprint density at radius 1 is 0.294 bits per heavy atom. The number of nitrogens with two attached hydrogens (primary N) is 5. The highest BCUT2D eigenvalue weighted by Gasteiger charge is 2.33. The summed E-state index contributed by atoms with van der Waals surface area (Å²) in [7, 11) is 0. The highest BCUT2D eigenvalue weighted by Crippen LogP contribution is 2.36. The SMILES string of the molecule is Cc1ccc(-c2nc(C(N)=O)c3[nH]c(=S)n(-c4cc(C)cc(C(F)(F)F)c4)c3n2)cc1.Cc1ccc(-c2nc(C(N)=O)c3[nH]c(=S)n(-c4ccccc4)c3n2)cc1.Cc1ccc(-c2nc(C(N)=O)c3[nH]c(=S)n(-c4ccccc4)c3n2)cc1.Cc1ccc(-c2nc(C(N)=O)c3[nH]c(=S)n(-c4ccccc4)c3n2)cc1O.Cc1ccc(-c2nc(C(N)=O)c3nc(C)n(-c4ccccc4)c3n2)cc1. The second-order valence-corrected chi connectivity index (χ2v) is 32.7. The zero-order chi connectivity index (χ0) is 96.4. The molecular weight excluding hydrogens is 1810 g/mol. The normalized spacial score (nSPS) is 11.2. The van der Waals surface area contributed by atoms with E-state index < -0.39 is 41.3 Å². The molecule has 10 aromatic carbocycles. The first kappa shape index (κ1) is 92.1. The van der Waals surface area contributed by atoms with Crippen LogP contribution in [0, 0.1) is 67.6 Å². The molecule has 38 heteroatoms. The van der Waals surface area contributed by atoms with Gasteiger partial charge in [-0.15, -0.1) is 0 Å². The molecule has 0 atom stereocenters. The van der Waals surface area contributed by atoms with E-state index in [-0.39, 0.29) is 67.5 Å². The maximum atomic E-state index is 13.4. The molecular formula is C98H78F3N25O6S4. The summed E-state index contributed by atoms with van der Waals surface area (Å²) in [6.45, 7) is 13.1. The number of nitrogens with one attached hydrogen (secondary N) is 4. The number of aryl methyl sites for hydroxylation is 7. The van der Waals surface area contributed by atoms with Gasteiger partial charge in [0.15, 0.2) is 105 Å². The van der Waals surface area contributed by atoms with Gasteiger partial charge in [0.1, 0.15) is 39.2 Å². The second kappa shape index (κ2) is 38.3. The Balaban J connectivity index is 0.000000123. The third-order valence-corrected chi connectivity index (χ3v) is 22.5. The van der Waals surface area contributed by atoms with Gasteiger partial charge in [0.2, 0.25) is 0 Å². The van der Waals surface area contributed by atoms with Crippen LogP contribution in [0.5, 0.6) is 5.75 Å². The molecule has 0 saturated heterocycles. The molecule has 31 nitrogen and oxygen atoms in total. The van der Waals surface area contributed by atoms with E-state index in [2.05, 4.69) is 69.8 Å². The molecule has 10 heterocycles. The molecule has 0 fully saturated rings. The van der Waals surface area contributed by atoms with Gasteiger partial charge in [-0.2, -0.15) is 13.2 Å². The molecule has 0 spiro atoms. The largest absolute Gasteiger partial charge is 0.508 e. The minimum Gasteiger partial charge on any atom is -0.508 e. The summed E-state index contributed by atoms with van der Waals surface area (Å²) in [6, 6.07) is 77.6. The number of imidazole rings is 5. The van der Waals surface area contributed by atoms with E-state index in [0.29, 0.717) is 99.0 Å². The van der Waals surface area contributed by atoms with Crippen LogP contribution in [0.25, 0.3) is 141 Å². The summed E-state index contributed by atoms with van der Waals surface area (Å²) in [5, 5.41) is 10.0. The van der Waals surface area contributed by atoms with E-state index in [9.17, 15) is 42.3 Å². The van der Waals surface area contributed by atoms with Crippen LogP contribution in [0.15, 0.2) is 255 Å². The number of rotatable bonds is 15. The number of primary amides is 5. The molecule has 0 radical (unpaired) electrons. The van der Waals surface area contributed by atoms with Crippen molar-refractivity contribution >= 4 is 134 Å². The van der Waals surface area contributed by atoms with Crippen LogP contribution in [-0.4, -0.2) is 132 Å². The van der Waals surface area contributed by atoms with Gasteiger partial charge < -0.3 is 53.7 Å². The number of hydrogen-bond acceptors (Lipinski definition) is 21. The van der Waals surface area contributed by atoms with Gasteiger partial charge >= 0.3 is 6.18 Å². The third-order valence-electron chi connectivity index (χ3n) is 21.4. The Hall–Kier alpha value is -17.2. The second-order valence-electron chi connectivity index (χ2n) is 31.2. The summed E-state index contributed by atoms with van der Waals surface area (Å²) in [6.07, 6.45) is -4.53. The molecule has 0 aliphatic carbocycles. The van der Waals surface area contributed by atoms with Gasteiger partial charge in [0, 0.05) is 50.6 Å². The number of alkyl halides is 3. The quantitative estimate of drug-likeness (QED) is 0.0426. The van der Waals surface area contributed by atoms with Crippen molar-refractivity contribution in [1.82, 2.24) is 97.6 Å². The lowest BCUT2D eigenvalue weighted by molar-refractivity contribution is -0.137. The number of amides is 5. The summed E-state index contributed by atoms with van der Waals surface area (Å²) in [4.78, 5) is 121. The molecule has 0 bridgehead atoms. The number of H-pyrrole nitrogens is 4. The number of aromatic amines is 4. The predicted octanol–water partition coefficient (Wildman–Crippen LogP) is 18.4. The Kier molecular flexibility index (Phi) is 25.9. The molecule has 0 aliphatic heterocycles. The maximum absolute atomic E-state index is 13.4. The summed E-state index contributed by atoms with van der Waals surface area (Å²) < 4.78 is 49.9. The van der Waals surface area contributed by atoms with E-state index in [0.717, 1.165) is 79.4 Å². The molecule has 20 aromatic rings. The lowest BCUT2D eigenvalue weighted by atomic mass is 10.1. The number of phenols is 1. The third kappa shape index (κ3) is 19.2. The van der Waals surface area contributed by atoms with Crippen LogP contribution < -0.4 is 28.7 Å². The van der Waals surface area contributed by atoms with Crippen molar-refractivity contribution in [3.05, 3.63) is 347 Å². The lowest BCUT2D eigenvalue weighted by Crippen LogP contribution is -2.15. The van der Waals surface area contributed by atoms with Gasteiger partial charge in [0.25, 0.3) is 29.5 Å². The number of carbonyl (C=O) groups excluding carboxylic acids is 5. The van der Waals surface area contributed by atoms with Crippen molar-refractivity contribution in [2.75, 3.05) is 0 Å². The molecule has 0 saturated carbocycles. The highest BCUT2D eigenvalue weighted by molar-refractivity contribution is 7.72. The first-order chi connectivity index (χ1) is 65.1. The molecule has 15 N–H and O–H groups in total. The smallest absolute Gasteiger partial charge is 0.416 e. The van der Waals surface area contributed by atoms with Gasteiger partial charge in [0.05, 0.1) is 11.3 Å². The predicted molar refractivity (Wildman–Crippen MR) is 522 cm³/mol. The topological polar surface area (TPSA) is 465 Å². The maximum Gasteiger partial charge on any atom is 0.416 e. The summed E-state index contributed by atoms with van der Waals surface area (Å²) >= 11 is 21.7. The lowest BCUT2D eigenvalue weighted by Gasteiger charge is -2.12. The van der Waals surface area contributed by atoms with Crippen LogP contribution >= 0.6 is 48.9 Å². The number of aromatic nitrogens is 20. The van der Waals surface area contributed by atoms with Gasteiger partial charge in [-0.3, -0.25) is 46.8 Å². The van der Waals surface area contributed by atoms with Crippen molar-refractivity contribution in [3.8, 4) is 91.1 Å². The number of hydrogen-bond donors (Lipinski definition) is 10. The van der Waals surface area contributed by atoms with E-state index >= 15 is 0 Å². The Morgan fingerprint density at radius 2 is 0.559 bits per heavy atom. The first-order valence-electron chi connectivity index (χ1n) is 41.5. The minimum absolute atomic E-state index is 0.0378. The van der Waals surface area contributed by atoms with Crippen molar-refractivity contribution in [2.24, 2.45) is 28.7 Å². The number of benzene rings is 10. The van der Waals surface area contributed by atoms with Crippen molar-refractivity contribution in [3.63, 3.8) is 0 Å². The van der Waals surface area contributed by atoms with E-state index in [1.807, 2.05) is 245 Å². The number of para-hydroxylation sites is 4. The number of halogens is 3. The zero-order valence-corrected chi connectivity index (χ0v) is 76.3. The summed E-state index contributed by atoms with van der Waals surface area (Å²) in [5.41, 5.74) is 43.9. The minimum atomic E-state index is -4.53. The number of phenolic OH excluding ortho intramolecular Hbond substituents is 1. The molecule has 10 aromatic heterocycles. The van der Waals surface area contributed by atoms with Crippen LogP contribution in [0.3, 0.4) is 0 Å². The summed E-state index contributed by atoms with van der Waals surface area (Å²) in [5.74, 6) is -0.819. The number of aromatic hydroxyl groups is 1. The first-order valence-corrected chi connectivity index (χ1v) is 43.1. The number of fused-ring (bicyclic) bond motifs is 5. The van der Waals surface area contributed by atoms with Crippen LogP contribution in [0.1, 0.15) is 97.2 Å². The fourth-order valence-corrected chi connectivity index (χ4v) is 15.9. The monoisotopic (exact) mass is 1890 g/mol. The fraction of sp³-hybridized carbons (Fsp3) is 0.0816. The Labute approximate surface area is 790 Å². The van der Waals surface area contributed by atoms with Crippen LogP contribution in [-0.2, 0) is 6.18 Å². The molecule has 0 unspecified atom stereocenters. The van der Waals surface area contributed by atoms with Crippen molar-refractivity contribution < 1.29 is 42.3 Å². The molecule has 5 amide bonds. The number of nitrogens with zero attached hydrogens (tertiary/aromatic N) is 16. The molecule has 676 valence electrons. The highest BCUT2D eigenvalue weighted by atomic mass is 32.1. The van der Waals surface area contributed by atoms with E-state index in [1.54, 1.807) is 63.9 Å². The average molecular weight is 1890 g/mol. The Bertz CT molecular complexity index is 8180. The van der Waals surface area contributed by atoms with E-state index in [4.69, 9.17) is 82.5 Å². The Morgan fingerprint density at radius 3 is 0.846 bits per heavy atom. The average Bonchev–Trinajstić information content (AvgIpc) is 1.63. The van der Waals surface area contributed by atoms with Gasteiger partial charge in [-0.1, -0.05) is 204 Å². The van der Waals surface area contributed by atoms with E-state index in [1.165, 1.54) is 4.57 Å². The molecule has 20 rings (SSSR count). The van der Waals surface area contributed by atoms with Crippen LogP contribution in [0.4, 0.5) is 13.2 Å². The zero-order valence-electron chi connectivity index (χ0n) is 73.0. The van der Waals surface area contributed by atoms with Gasteiger partial charge in [-0.25, -0.2) is 54.8 Å². The van der Waals surface area contributed by atoms with Gasteiger partial charge in [-0.05, 0) is 181 Å². The standard InChI is InChI=1S/C21H16F3N5OS.C20H17N5O.C19H15N5O2S.2C19H15N5OS/c1-10-3-5-12(6-4-10)18-26-15(17(25)30)16-19(28-18)29(20(31)27-16)14-8-11(2)7-13(9-14)21(22,23)24;1-12-8-10-14(11-9-12)19-23-16(18(21)26)17-20(24-19)25(13(2)22-17)15-6-4-3-5-7-15;1-10-7-8-11(9-13(10)25)17-21-14(16(20)26)15-18(23-17)24(19(27)22-15)12-5-3-2-4-6-12;2*1-11-7-9-12(10-8-11)17-21-14(16(20)25)15-18(23-17)24(19(26)22-15)13-5-3-2-4-6-13/h3-9H,1-2H3,(H2,25,30)(H,27,31);3-11H,1-2H3,(H2,21,26);2-9,25H,1H3,(H2,20,26)(H,22,27);2*2-10H,1H3,(H2,20,25)(H,22,26). The number of carbonyl (C=O) groups is 5. The molecule has 136 heavy (non-hydrogen) atoms. The van der Waals surface area contributed by atoms with Crippen LogP contribution in [0.2, 0.25) is 0 Å². The fourth-order valence-electron chi connectivity index (χ4n) is 14.7.